The van der Waals surface area contributed by atoms with Gasteiger partial charge < -0.3 is 11.1 Å². The molecule has 1 aromatic carbocycles. The van der Waals surface area contributed by atoms with Crippen molar-refractivity contribution in [2.24, 2.45) is 11.7 Å². The molecule has 6 heteroatoms. The molecule has 4 nitrogen and oxygen atoms in total. The highest BCUT2D eigenvalue weighted by molar-refractivity contribution is 5.85. The second kappa shape index (κ2) is 12.6. The van der Waals surface area contributed by atoms with E-state index in [1.165, 1.54) is 49.9 Å². The lowest BCUT2D eigenvalue weighted by Crippen LogP contribution is -2.31. The molecule has 3 N–H and O–H groups in total. The number of likely N-dealkylation sites (tertiary alicyclic amines) is 1. The normalized spacial score (nSPS) is 23.0. The third kappa shape index (κ3) is 7.61. The van der Waals surface area contributed by atoms with Gasteiger partial charge in [0.05, 0.1) is 0 Å². The first-order valence-electron chi connectivity index (χ1n) is 10.0. The lowest BCUT2D eigenvalue weighted by molar-refractivity contribution is -0.122. The van der Waals surface area contributed by atoms with Crippen LogP contribution in [0.2, 0.25) is 0 Å². The topological polar surface area (TPSA) is 58.4 Å². The lowest BCUT2D eigenvalue weighted by Gasteiger charge is -2.22. The first kappa shape index (κ1) is 24.2. The van der Waals surface area contributed by atoms with Crippen LogP contribution in [0.25, 0.3) is 0 Å². The van der Waals surface area contributed by atoms with Gasteiger partial charge >= 0.3 is 0 Å². The molecule has 0 radical (unpaired) electrons. The van der Waals surface area contributed by atoms with E-state index in [4.69, 9.17) is 5.73 Å². The number of hydrogen-bond donors (Lipinski definition) is 2. The molecular weight excluding hydrogens is 381 g/mol. The molecule has 1 aromatic rings. The molecule has 0 aromatic heterocycles. The second-order valence-electron chi connectivity index (χ2n) is 7.79. The van der Waals surface area contributed by atoms with E-state index in [1.54, 1.807) is 0 Å². The zero-order chi connectivity index (χ0) is 17.5. The van der Waals surface area contributed by atoms with Gasteiger partial charge in [0.2, 0.25) is 5.91 Å². The molecule has 2 atom stereocenters. The molecule has 27 heavy (non-hydrogen) atoms. The Balaban J connectivity index is 0.00000182. The average Bonchev–Trinajstić information content (AvgIpc) is 2.85. The van der Waals surface area contributed by atoms with Crippen LogP contribution in [0.4, 0.5) is 0 Å². The van der Waals surface area contributed by atoms with Crippen LogP contribution in [0.5, 0.6) is 0 Å². The minimum absolute atomic E-state index is 0. The Morgan fingerprint density at radius 2 is 1.67 bits per heavy atom. The number of carbonyl (C=O) groups excluding carboxylic acids is 1. The molecule has 3 rings (SSSR count). The Morgan fingerprint density at radius 3 is 2.30 bits per heavy atom. The fourth-order valence-electron chi connectivity index (χ4n) is 4.24. The van der Waals surface area contributed by atoms with E-state index in [0.29, 0.717) is 18.9 Å². The number of halogens is 2. The van der Waals surface area contributed by atoms with E-state index in [9.17, 15) is 4.79 Å². The first-order valence-corrected chi connectivity index (χ1v) is 10.0. The number of nitrogens with zero attached hydrogens (tertiary/aromatic N) is 1. The van der Waals surface area contributed by atoms with Crippen LogP contribution in [0.1, 0.15) is 62.5 Å². The van der Waals surface area contributed by atoms with Crippen LogP contribution in [-0.4, -0.2) is 29.9 Å². The van der Waals surface area contributed by atoms with E-state index in [0.717, 1.165) is 25.8 Å². The Kier molecular flexibility index (Phi) is 11.3. The summed E-state index contributed by atoms with van der Waals surface area (Å²) in [6.07, 6.45) is 9.24. The maximum Gasteiger partial charge on any atom is 0.220 e. The van der Waals surface area contributed by atoms with Gasteiger partial charge in [0, 0.05) is 25.6 Å². The molecule has 0 spiro atoms. The van der Waals surface area contributed by atoms with E-state index in [2.05, 4.69) is 34.5 Å². The third-order valence-electron chi connectivity index (χ3n) is 5.85. The Hall–Kier alpha value is -0.810. The molecule has 2 aliphatic rings. The Labute approximate surface area is 176 Å². The first-order chi connectivity index (χ1) is 12.2. The number of rotatable bonds is 6. The van der Waals surface area contributed by atoms with Gasteiger partial charge in [-0.2, -0.15) is 0 Å². The maximum absolute atomic E-state index is 12.3. The van der Waals surface area contributed by atoms with Gasteiger partial charge in [-0.15, -0.1) is 24.8 Å². The monoisotopic (exact) mass is 415 g/mol. The summed E-state index contributed by atoms with van der Waals surface area (Å²) in [5, 5.41) is 3.12. The summed E-state index contributed by atoms with van der Waals surface area (Å²) in [6, 6.07) is 8.74. The molecule has 2 fully saturated rings. The highest BCUT2D eigenvalue weighted by atomic mass is 35.5. The van der Waals surface area contributed by atoms with Crippen molar-refractivity contribution in [3.05, 3.63) is 35.4 Å². The largest absolute Gasteiger partial charge is 0.352 e. The molecule has 1 aliphatic heterocycles. The summed E-state index contributed by atoms with van der Waals surface area (Å²) in [4.78, 5) is 14.8. The van der Waals surface area contributed by atoms with Crippen molar-refractivity contribution in [3.63, 3.8) is 0 Å². The number of nitrogens with two attached hydrogens (primary N) is 1. The Morgan fingerprint density at radius 1 is 1.00 bits per heavy atom. The fourth-order valence-corrected chi connectivity index (χ4v) is 4.24. The van der Waals surface area contributed by atoms with Crippen LogP contribution in [0.3, 0.4) is 0 Å². The third-order valence-corrected chi connectivity index (χ3v) is 5.85. The van der Waals surface area contributed by atoms with E-state index >= 15 is 0 Å². The quantitative estimate of drug-likeness (QED) is 0.736. The molecule has 1 saturated carbocycles. The minimum Gasteiger partial charge on any atom is -0.352 e. The fraction of sp³-hybridized carbons (Fsp3) is 0.667. The Bertz CT molecular complexity index is 562. The molecule has 154 valence electrons. The molecule has 1 saturated heterocycles. The van der Waals surface area contributed by atoms with E-state index < -0.39 is 0 Å². The van der Waals surface area contributed by atoms with Crippen molar-refractivity contribution >= 4 is 30.7 Å². The van der Waals surface area contributed by atoms with Crippen molar-refractivity contribution in [1.29, 1.82) is 0 Å². The number of nitrogens with one attached hydrogen (secondary N) is 1. The van der Waals surface area contributed by atoms with Crippen molar-refractivity contribution < 1.29 is 4.79 Å². The van der Waals surface area contributed by atoms with E-state index in [-0.39, 0.29) is 36.8 Å². The van der Waals surface area contributed by atoms with Crippen LogP contribution >= 0.6 is 24.8 Å². The van der Waals surface area contributed by atoms with Crippen molar-refractivity contribution in [2.75, 3.05) is 13.1 Å². The highest BCUT2D eigenvalue weighted by Gasteiger charge is 2.25. The standard InChI is InChI=1S/C21H33N3O.2ClH/c22-20-11-7-10-17(20)14-21(25)23-15-18-8-3-4-9-19(18)16-24-12-5-1-2-6-13-24;;/h3-4,8-9,17,20H,1-2,5-7,10-16,22H2,(H,23,25);2*1H/t17-,20+;;/m0../s1. The van der Waals surface area contributed by atoms with Crippen LogP contribution < -0.4 is 11.1 Å². The summed E-state index contributed by atoms with van der Waals surface area (Å²) < 4.78 is 0. The zero-order valence-electron chi connectivity index (χ0n) is 16.2. The SMILES string of the molecule is Cl.Cl.N[C@@H]1CCC[C@H]1CC(=O)NCc1ccccc1CN1CCCCCC1. The second-order valence-corrected chi connectivity index (χ2v) is 7.79. The van der Waals surface area contributed by atoms with E-state index in [1.807, 2.05) is 0 Å². The molecule has 0 unspecified atom stereocenters. The summed E-state index contributed by atoms with van der Waals surface area (Å²) in [6.45, 7) is 4.02. The molecule has 1 aliphatic carbocycles. The van der Waals surface area contributed by atoms with Gasteiger partial charge in [-0.1, -0.05) is 43.5 Å². The van der Waals surface area contributed by atoms with Crippen LogP contribution in [-0.2, 0) is 17.9 Å². The number of hydrogen-bond acceptors (Lipinski definition) is 3. The minimum atomic E-state index is 0. The van der Waals surface area contributed by atoms with Gasteiger partial charge in [0.25, 0.3) is 0 Å². The van der Waals surface area contributed by atoms with Crippen LogP contribution in [0, 0.1) is 5.92 Å². The predicted molar refractivity (Wildman–Crippen MR) is 116 cm³/mol. The van der Waals surface area contributed by atoms with Gasteiger partial charge in [0.15, 0.2) is 0 Å². The van der Waals surface area contributed by atoms with Gasteiger partial charge in [-0.05, 0) is 55.8 Å². The van der Waals surface area contributed by atoms with Gasteiger partial charge in [-0.25, -0.2) is 0 Å². The van der Waals surface area contributed by atoms with Crippen molar-refractivity contribution in [2.45, 2.75) is 70.5 Å². The molecule has 1 heterocycles. The summed E-state index contributed by atoms with van der Waals surface area (Å²) in [7, 11) is 0. The zero-order valence-corrected chi connectivity index (χ0v) is 17.8. The maximum atomic E-state index is 12.3. The summed E-state index contributed by atoms with van der Waals surface area (Å²) in [5.41, 5.74) is 8.69. The summed E-state index contributed by atoms with van der Waals surface area (Å²) >= 11 is 0. The smallest absolute Gasteiger partial charge is 0.220 e. The number of amides is 1. The summed E-state index contributed by atoms with van der Waals surface area (Å²) in [5.74, 6) is 0.513. The number of carbonyl (C=O) groups is 1. The van der Waals surface area contributed by atoms with Crippen molar-refractivity contribution in [3.8, 4) is 0 Å². The number of benzene rings is 1. The molecule has 0 bridgehead atoms. The molecule has 1 amide bonds. The average molecular weight is 416 g/mol. The predicted octanol–water partition coefficient (Wildman–Crippen LogP) is 4.04. The highest BCUT2D eigenvalue weighted by Crippen LogP contribution is 2.26. The van der Waals surface area contributed by atoms with Crippen LogP contribution in [0.15, 0.2) is 24.3 Å². The molecular formula is C21H35Cl2N3O. The van der Waals surface area contributed by atoms with Gasteiger partial charge in [-0.3, -0.25) is 9.69 Å². The lowest BCUT2D eigenvalue weighted by atomic mass is 9.99. The van der Waals surface area contributed by atoms with Crippen molar-refractivity contribution in [1.82, 2.24) is 10.2 Å². The van der Waals surface area contributed by atoms with Gasteiger partial charge in [0.1, 0.15) is 0 Å².